The van der Waals surface area contributed by atoms with Crippen molar-refractivity contribution in [3.8, 4) is 0 Å². The van der Waals surface area contributed by atoms with E-state index in [1.54, 1.807) is 11.8 Å². The van der Waals surface area contributed by atoms with Gasteiger partial charge in [-0.15, -0.1) is 11.8 Å². The minimum absolute atomic E-state index is 0.454. The van der Waals surface area contributed by atoms with E-state index < -0.39 is 0 Å². The van der Waals surface area contributed by atoms with Crippen molar-refractivity contribution < 1.29 is 0 Å². The van der Waals surface area contributed by atoms with Crippen LogP contribution in [0.4, 0.5) is 11.4 Å². The Labute approximate surface area is 157 Å². The molecular formula is C19H24BrN3S. The quantitative estimate of drug-likeness (QED) is 0.308. The molecule has 0 radical (unpaired) electrons. The van der Waals surface area contributed by atoms with Crippen molar-refractivity contribution in [2.75, 3.05) is 35.0 Å². The molecule has 0 unspecified atom stereocenters. The number of hydrogen-bond donors (Lipinski definition) is 1. The highest BCUT2D eigenvalue weighted by Crippen LogP contribution is 2.30. The van der Waals surface area contributed by atoms with Gasteiger partial charge in [-0.25, -0.2) is 0 Å². The molecule has 0 aliphatic carbocycles. The molecule has 0 aliphatic heterocycles. The maximum Gasteiger partial charge on any atom is 0.202 e. The summed E-state index contributed by atoms with van der Waals surface area (Å²) in [5, 5.41) is 9.57. The number of alkyl halides is 1. The van der Waals surface area contributed by atoms with E-state index in [0.29, 0.717) is 5.96 Å². The molecule has 0 fully saturated rings. The molecule has 2 aromatic carbocycles. The van der Waals surface area contributed by atoms with Crippen molar-refractivity contribution >= 4 is 45.0 Å². The number of rotatable bonds is 6. The van der Waals surface area contributed by atoms with E-state index in [-0.39, 0.29) is 0 Å². The number of para-hydroxylation sites is 1. The van der Waals surface area contributed by atoms with Crippen LogP contribution in [-0.4, -0.2) is 31.1 Å². The summed E-state index contributed by atoms with van der Waals surface area (Å²) in [6.45, 7) is 2.15. The van der Waals surface area contributed by atoms with Crippen LogP contribution in [0.3, 0.4) is 0 Å². The van der Waals surface area contributed by atoms with Gasteiger partial charge in [0.25, 0.3) is 0 Å². The summed E-state index contributed by atoms with van der Waals surface area (Å²) in [4.78, 5) is 5.06. The normalized spacial score (nSPS) is 10.5. The van der Waals surface area contributed by atoms with Crippen LogP contribution in [0, 0.1) is 5.41 Å². The molecule has 24 heavy (non-hydrogen) atoms. The zero-order valence-corrected chi connectivity index (χ0v) is 16.8. The number of hydrogen-bond acceptors (Lipinski definition) is 2. The van der Waals surface area contributed by atoms with Crippen LogP contribution >= 0.6 is 27.7 Å². The Morgan fingerprint density at radius 2 is 1.83 bits per heavy atom. The number of guanidine groups is 1. The Morgan fingerprint density at radius 3 is 2.54 bits per heavy atom. The number of aryl methyl sites for hydroxylation is 1. The lowest BCUT2D eigenvalue weighted by Crippen LogP contribution is -2.39. The van der Waals surface area contributed by atoms with Gasteiger partial charge in [-0.05, 0) is 36.2 Å². The second kappa shape index (κ2) is 9.14. The van der Waals surface area contributed by atoms with Crippen LogP contribution in [0.1, 0.15) is 12.5 Å². The summed E-state index contributed by atoms with van der Waals surface area (Å²) >= 11 is 5.28. The summed E-state index contributed by atoms with van der Waals surface area (Å²) in [6, 6.07) is 16.6. The van der Waals surface area contributed by atoms with Crippen LogP contribution in [-0.2, 0) is 6.42 Å². The molecule has 1 N–H and O–H groups in total. The highest BCUT2D eigenvalue weighted by Gasteiger charge is 2.16. The van der Waals surface area contributed by atoms with E-state index >= 15 is 0 Å². The van der Waals surface area contributed by atoms with E-state index in [1.165, 1.54) is 10.5 Å². The Balaban J connectivity index is 2.22. The third-order valence-corrected chi connectivity index (χ3v) is 5.89. The lowest BCUT2D eigenvalue weighted by molar-refractivity contribution is 1.09. The van der Waals surface area contributed by atoms with E-state index in [2.05, 4.69) is 53.2 Å². The maximum atomic E-state index is 8.61. The van der Waals surface area contributed by atoms with Crippen molar-refractivity contribution in [3.63, 3.8) is 0 Å². The molecular weight excluding hydrogens is 382 g/mol. The van der Waals surface area contributed by atoms with E-state index in [4.69, 9.17) is 5.41 Å². The lowest BCUT2D eigenvalue weighted by atomic mass is 10.1. The van der Waals surface area contributed by atoms with Crippen molar-refractivity contribution in [1.29, 1.82) is 5.41 Å². The van der Waals surface area contributed by atoms with Crippen molar-refractivity contribution in [1.82, 2.24) is 0 Å². The standard InChI is InChI=1S/C19H24BrN3S/c1-4-15-8-7-9-16(14-15)22(2)19(21)23(3)17-10-5-6-11-18(17)24-13-12-20/h5-11,14,21H,4,12-13H2,1-3H3. The fourth-order valence-corrected chi connectivity index (χ4v) is 3.76. The molecule has 2 aromatic rings. The van der Waals surface area contributed by atoms with Crippen molar-refractivity contribution in [2.45, 2.75) is 18.2 Å². The largest absolute Gasteiger partial charge is 0.316 e. The molecule has 0 amide bonds. The van der Waals surface area contributed by atoms with Gasteiger partial charge in [-0.1, -0.05) is 47.1 Å². The fraction of sp³-hybridized carbons (Fsp3) is 0.316. The predicted molar refractivity (Wildman–Crippen MR) is 111 cm³/mol. The fourth-order valence-electron chi connectivity index (χ4n) is 2.45. The van der Waals surface area contributed by atoms with Crippen LogP contribution < -0.4 is 9.80 Å². The predicted octanol–water partition coefficient (Wildman–Crippen LogP) is 5.24. The molecule has 0 atom stereocenters. The van der Waals surface area contributed by atoms with Crippen LogP contribution in [0.5, 0.6) is 0 Å². The van der Waals surface area contributed by atoms with Crippen molar-refractivity contribution in [2.24, 2.45) is 0 Å². The van der Waals surface area contributed by atoms with Gasteiger partial charge in [0, 0.05) is 35.8 Å². The minimum atomic E-state index is 0.454. The summed E-state index contributed by atoms with van der Waals surface area (Å²) < 4.78 is 0. The molecule has 2 rings (SSSR count). The first-order valence-electron chi connectivity index (χ1n) is 8.01. The summed E-state index contributed by atoms with van der Waals surface area (Å²) in [5.41, 5.74) is 3.38. The zero-order chi connectivity index (χ0) is 17.5. The van der Waals surface area contributed by atoms with E-state index in [1.807, 2.05) is 42.1 Å². The van der Waals surface area contributed by atoms with Gasteiger partial charge in [-0.2, -0.15) is 0 Å². The van der Waals surface area contributed by atoms with Gasteiger partial charge < -0.3 is 9.80 Å². The second-order valence-electron chi connectivity index (χ2n) is 5.47. The number of nitrogens with one attached hydrogen (secondary N) is 1. The first-order chi connectivity index (χ1) is 11.6. The van der Waals surface area contributed by atoms with E-state index in [9.17, 15) is 0 Å². The van der Waals surface area contributed by atoms with Crippen LogP contribution in [0.15, 0.2) is 53.4 Å². The average Bonchev–Trinajstić information content (AvgIpc) is 2.64. The van der Waals surface area contributed by atoms with Gasteiger partial charge in [0.05, 0.1) is 5.69 Å². The average molecular weight is 406 g/mol. The molecule has 0 spiro atoms. The Kier molecular flexibility index (Phi) is 7.18. The number of benzene rings is 2. The molecule has 0 aliphatic rings. The van der Waals surface area contributed by atoms with Gasteiger partial charge in [0.15, 0.2) is 0 Å². The smallest absolute Gasteiger partial charge is 0.202 e. The topological polar surface area (TPSA) is 30.3 Å². The van der Waals surface area contributed by atoms with Gasteiger partial charge >= 0.3 is 0 Å². The van der Waals surface area contributed by atoms with Crippen molar-refractivity contribution in [3.05, 3.63) is 54.1 Å². The first-order valence-corrected chi connectivity index (χ1v) is 10.1. The molecule has 128 valence electrons. The Bertz CT molecular complexity index is 690. The van der Waals surface area contributed by atoms with Gasteiger partial charge in [0.2, 0.25) is 5.96 Å². The Morgan fingerprint density at radius 1 is 1.08 bits per heavy atom. The second-order valence-corrected chi connectivity index (χ2v) is 7.40. The Hall–Kier alpha value is -1.46. The first kappa shape index (κ1) is 18.9. The number of halogens is 1. The summed E-state index contributed by atoms with van der Waals surface area (Å²) in [6.07, 6.45) is 0.997. The molecule has 0 bridgehead atoms. The van der Waals surface area contributed by atoms with Gasteiger partial charge in [0.1, 0.15) is 0 Å². The summed E-state index contributed by atoms with van der Waals surface area (Å²) in [5.74, 6) is 1.46. The monoisotopic (exact) mass is 405 g/mol. The number of anilines is 2. The number of nitrogens with zero attached hydrogens (tertiary/aromatic N) is 2. The number of thioether (sulfide) groups is 1. The highest BCUT2D eigenvalue weighted by molar-refractivity contribution is 9.09. The molecule has 0 heterocycles. The molecule has 0 saturated heterocycles. The third-order valence-electron chi connectivity index (χ3n) is 3.90. The SMILES string of the molecule is CCc1cccc(N(C)C(=N)N(C)c2ccccc2SCCBr)c1. The molecule has 5 heteroatoms. The van der Waals surface area contributed by atoms with Crippen LogP contribution in [0.25, 0.3) is 0 Å². The highest BCUT2D eigenvalue weighted by atomic mass is 79.9. The van der Waals surface area contributed by atoms with Gasteiger partial charge in [-0.3, -0.25) is 5.41 Å². The zero-order valence-electron chi connectivity index (χ0n) is 14.4. The maximum absolute atomic E-state index is 8.61. The third kappa shape index (κ3) is 4.54. The molecule has 0 saturated carbocycles. The lowest BCUT2D eigenvalue weighted by Gasteiger charge is -2.29. The molecule has 3 nitrogen and oxygen atoms in total. The van der Waals surface area contributed by atoms with Crippen LogP contribution in [0.2, 0.25) is 0 Å². The minimum Gasteiger partial charge on any atom is -0.316 e. The molecule has 0 aromatic heterocycles. The summed E-state index contributed by atoms with van der Waals surface area (Å²) in [7, 11) is 3.90. The van der Waals surface area contributed by atoms with E-state index in [0.717, 1.165) is 28.9 Å².